The second-order valence-corrected chi connectivity index (χ2v) is 9.68. The average Bonchev–Trinajstić information content (AvgIpc) is 3.37. The number of fused-ring (bicyclic) bond motifs is 1. The molecule has 1 atom stereocenters. The van der Waals surface area contributed by atoms with Crippen LogP contribution in [0.15, 0.2) is 63.3 Å². The van der Waals surface area contributed by atoms with E-state index in [9.17, 15) is 4.79 Å². The Hall–Kier alpha value is -2.68. The van der Waals surface area contributed by atoms with Crippen LogP contribution in [0, 0.1) is 13.8 Å². The number of carbonyl (C=O) groups is 1. The van der Waals surface area contributed by atoms with Crippen LogP contribution in [0.1, 0.15) is 32.6 Å². The lowest BCUT2D eigenvalue weighted by molar-refractivity contribution is 0.0936. The highest BCUT2D eigenvalue weighted by Crippen LogP contribution is 2.38. The molecule has 0 saturated heterocycles. The fourth-order valence-corrected chi connectivity index (χ4v) is 5.52. The lowest BCUT2D eigenvalue weighted by Crippen LogP contribution is -2.34. The van der Waals surface area contributed by atoms with Gasteiger partial charge < -0.3 is 9.73 Å². The Balaban J connectivity index is 1.57. The molecule has 0 spiro atoms. The molecule has 0 aliphatic rings. The zero-order valence-corrected chi connectivity index (χ0v) is 19.5. The van der Waals surface area contributed by atoms with Crippen molar-refractivity contribution in [2.24, 2.45) is 0 Å². The fraction of sp³-hybridized carbons (Fsp3) is 0.261. The molecule has 4 aromatic rings. The van der Waals surface area contributed by atoms with Gasteiger partial charge in [-0.1, -0.05) is 23.9 Å². The number of amides is 1. The number of likely N-dealkylation sites (N-methyl/N-ethyl adjacent to an activating group) is 1. The molecule has 1 unspecified atom stereocenters. The van der Waals surface area contributed by atoms with Crippen LogP contribution >= 0.6 is 23.1 Å². The summed E-state index contributed by atoms with van der Waals surface area (Å²) in [5.74, 6) is 0.699. The first-order valence-electron chi connectivity index (χ1n) is 9.91. The van der Waals surface area contributed by atoms with E-state index in [1.54, 1.807) is 23.9 Å². The van der Waals surface area contributed by atoms with Crippen LogP contribution in [0.4, 0.5) is 0 Å². The number of aryl methyl sites for hydroxylation is 2. The molecule has 3 heterocycles. The molecule has 0 saturated carbocycles. The molecule has 0 bridgehead atoms. The normalized spacial score (nSPS) is 12.4. The maximum absolute atomic E-state index is 13.1. The van der Waals surface area contributed by atoms with E-state index in [4.69, 9.17) is 4.42 Å². The minimum absolute atomic E-state index is 0.0447. The lowest BCUT2D eigenvalue weighted by Gasteiger charge is -2.22. The van der Waals surface area contributed by atoms with Gasteiger partial charge in [-0.3, -0.25) is 9.69 Å². The Morgan fingerprint density at radius 3 is 2.74 bits per heavy atom. The molecule has 31 heavy (non-hydrogen) atoms. The summed E-state index contributed by atoms with van der Waals surface area (Å²) in [7, 11) is 3.93. The molecule has 0 fully saturated rings. The van der Waals surface area contributed by atoms with Gasteiger partial charge in [0.1, 0.15) is 21.9 Å². The number of hydrogen-bond donors (Lipinski definition) is 1. The van der Waals surface area contributed by atoms with Gasteiger partial charge in [-0.25, -0.2) is 9.97 Å². The van der Waals surface area contributed by atoms with Crippen LogP contribution in [0.3, 0.4) is 0 Å². The summed E-state index contributed by atoms with van der Waals surface area (Å²) in [6.45, 7) is 4.63. The van der Waals surface area contributed by atoms with Crippen LogP contribution < -0.4 is 5.32 Å². The summed E-state index contributed by atoms with van der Waals surface area (Å²) in [6.07, 6.45) is 3.24. The van der Waals surface area contributed by atoms with E-state index in [2.05, 4.69) is 29.1 Å². The number of benzene rings is 1. The Morgan fingerprint density at radius 2 is 2.00 bits per heavy atom. The zero-order chi connectivity index (χ0) is 22.0. The molecule has 6 nitrogen and oxygen atoms in total. The molecule has 0 radical (unpaired) electrons. The molecule has 0 aliphatic carbocycles. The van der Waals surface area contributed by atoms with Crippen molar-refractivity contribution < 1.29 is 9.21 Å². The third-order valence-corrected chi connectivity index (χ3v) is 7.41. The number of nitrogens with one attached hydrogen (secondary N) is 1. The number of hydrogen-bond acceptors (Lipinski definition) is 7. The summed E-state index contributed by atoms with van der Waals surface area (Å²) < 4.78 is 5.54. The second-order valence-electron chi connectivity index (χ2n) is 7.45. The molecular weight excluding hydrogens is 428 g/mol. The third-order valence-electron chi connectivity index (χ3n) is 5.22. The van der Waals surface area contributed by atoms with Crippen molar-refractivity contribution in [3.8, 4) is 0 Å². The van der Waals surface area contributed by atoms with Crippen molar-refractivity contribution in [3.63, 3.8) is 0 Å². The molecule has 3 aromatic heterocycles. The molecule has 1 amide bonds. The van der Waals surface area contributed by atoms with E-state index in [0.29, 0.717) is 12.1 Å². The zero-order valence-electron chi connectivity index (χ0n) is 17.9. The van der Waals surface area contributed by atoms with Crippen molar-refractivity contribution in [1.82, 2.24) is 20.2 Å². The first-order valence-corrected chi connectivity index (χ1v) is 11.5. The SMILES string of the molecule is Cc1sc2ncnc(Sc3ccccc3C(=O)NCC(c3ccco3)N(C)C)c2c1C. The van der Waals surface area contributed by atoms with Gasteiger partial charge in [-0.05, 0) is 57.8 Å². The number of carbonyl (C=O) groups excluding carboxylic acids is 1. The summed E-state index contributed by atoms with van der Waals surface area (Å²) >= 11 is 3.17. The van der Waals surface area contributed by atoms with Gasteiger partial charge in [-0.15, -0.1) is 11.3 Å². The van der Waals surface area contributed by atoms with Gasteiger partial charge in [0, 0.05) is 21.7 Å². The molecular formula is C23H24N4O2S2. The largest absolute Gasteiger partial charge is 0.468 e. The van der Waals surface area contributed by atoms with Crippen molar-refractivity contribution in [2.45, 2.75) is 29.8 Å². The minimum Gasteiger partial charge on any atom is -0.468 e. The topological polar surface area (TPSA) is 71.3 Å². The van der Waals surface area contributed by atoms with E-state index in [1.807, 2.05) is 55.4 Å². The van der Waals surface area contributed by atoms with Gasteiger partial charge >= 0.3 is 0 Å². The van der Waals surface area contributed by atoms with E-state index >= 15 is 0 Å². The summed E-state index contributed by atoms with van der Waals surface area (Å²) in [6, 6.07) is 11.4. The molecule has 0 aliphatic heterocycles. The van der Waals surface area contributed by atoms with Gasteiger partial charge in [0.25, 0.3) is 5.91 Å². The predicted molar refractivity (Wildman–Crippen MR) is 125 cm³/mol. The summed E-state index contributed by atoms with van der Waals surface area (Å²) in [4.78, 5) is 27.1. The van der Waals surface area contributed by atoms with Crippen LogP contribution in [-0.2, 0) is 0 Å². The minimum atomic E-state index is -0.120. The molecule has 1 aromatic carbocycles. The Kier molecular flexibility index (Phi) is 6.41. The van der Waals surface area contributed by atoms with Crippen molar-refractivity contribution in [3.05, 3.63) is 70.8 Å². The molecule has 4 rings (SSSR count). The maximum atomic E-state index is 13.1. The van der Waals surface area contributed by atoms with E-state index in [0.717, 1.165) is 25.9 Å². The Labute approximate surface area is 189 Å². The molecule has 8 heteroatoms. The summed E-state index contributed by atoms with van der Waals surface area (Å²) in [5.41, 5.74) is 1.82. The van der Waals surface area contributed by atoms with Crippen LogP contribution in [0.2, 0.25) is 0 Å². The lowest BCUT2D eigenvalue weighted by atomic mass is 10.1. The van der Waals surface area contributed by atoms with Crippen LogP contribution in [-0.4, -0.2) is 41.4 Å². The maximum Gasteiger partial charge on any atom is 0.252 e. The standard InChI is InChI=1S/C23H24N4O2S2/c1-14-15(2)30-22-20(14)23(26-13-25-22)31-19-10-6-5-8-16(19)21(28)24-12-17(27(3)4)18-9-7-11-29-18/h5-11,13,17H,12H2,1-4H3,(H,24,28). The van der Waals surface area contributed by atoms with Crippen LogP contribution in [0.25, 0.3) is 10.2 Å². The highest BCUT2D eigenvalue weighted by molar-refractivity contribution is 7.99. The summed E-state index contributed by atoms with van der Waals surface area (Å²) in [5, 5.41) is 5.00. The monoisotopic (exact) mass is 452 g/mol. The van der Waals surface area contributed by atoms with Crippen molar-refractivity contribution in [1.29, 1.82) is 0 Å². The van der Waals surface area contributed by atoms with Crippen molar-refractivity contribution in [2.75, 3.05) is 20.6 Å². The van der Waals surface area contributed by atoms with E-state index in [-0.39, 0.29) is 11.9 Å². The number of thiophene rings is 1. The average molecular weight is 453 g/mol. The van der Waals surface area contributed by atoms with Gasteiger partial charge in [-0.2, -0.15) is 0 Å². The van der Waals surface area contributed by atoms with E-state index < -0.39 is 0 Å². The number of furan rings is 1. The Morgan fingerprint density at radius 1 is 1.19 bits per heavy atom. The van der Waals surface area contributed by atoms with Crippen molar-refractivity contribution >= 4 is 39.2 Å². The third kappa shape index (κ3) is 4.51. The first kappa shape index (κ1) is 21.5. The smallest absolute Gasteiger partial charge is 0.252 e. The molecule has 160 valence electrons. The first-order chi connectivity index (χ1) is 15.0. The van der Waals surface area contributed by atoms with Gasteiger partial charge in [0.15, 0.2) is 0 Å². The van der Waals surface area contributed by atoms with Crippen LogP contribution in [0.5, 0.6) is 0 Å². The number of nitrogens with zero attached hydrogens (tertiary/aromatic N) is 3. The van der Waals surface area contributed by atoms with Gasteiger partial charge in [0.05, 0.1) is 17.9 Å². The number of rotatable bonds is 7. The number of aromatic nitrogens is 2. The molecule has 1 N–H and O–H groups in total. The second kappa shape index (κ2) is 9.21. The van der Waals surface area contributed by atoms with E-state index in [1.165, 1.54) is 22.2 Å². The quantitative estimate of drug-likeness (QED) is 0.394. The Bertz CT molecular complexity index is 1200. The highest BCUT2D eigenvalue weighted by atomic mass is 32.2. The van der Waals surface area contributed by atoms with Gasteiger partial charge in [0.2, 0.25) is 0 Å². The fourth-order valence-electron chi connectivity index (χ4n) is 3.38. The highest BCUT2D eigenvalue weighted by Gasteiger charge is 2.20. The predicted octanol–water partition coefficient (Wildman–Crippen LogP) is 5.09.